The van der Waals surface area contributed by atoms with Crippen molar-refractivity contribution in [2.45, 2.75) is 67.7 Å². The van der Waals surface area contributed by atoms with Gasteiger partial charge in [0.15, 0.2) is 0 Å². The van der Waals surface area contributed by atoms with E-state index < -0.39 is 0 Å². The fourth-order valence-electron chi connectivity index (χ4n) is 4.02. The van der Waals surface area contributed by atoms with Crippen LogP contribution in [0.1, 0.15) is 67.7 Å². The Morgan fingerprint density at radius 3 is 2.22 bits per heavy atom. The highest BCUT2D eigenvalue weighted by molar-refractivity contribution is 7.22. The summed E-state index contributed by atoms with van der Waals surface area (Å²) in [5.41, 5.74) is 1.01. The first kappa shape index (κ1) is 16.2. The molecule has 106 valence electrons. The highest BCUT2D eigenvalue weighted by Gasteiger charge is 2.57. The third-order valence-corrected chi connectivity index (χ3v) is 6.67. The second-order valence-corrected chi connectivity index (χ2v) is 8.12. The summed E-state index contributed by atoms with van der Waals surface area (Å²) in [5.74, 6) is 2.46. The van der Waals surface area contributed by atoms with Crippen LogP contribution in [0, 0.1) is 28.6 Å². The fourth-order valence-corrected chi connectivity index (χ4v) is 4.38. The maximum absolute atomic E-state index is 2.96. The Labute approximate surface area is 117 Å². The summed E-state index contributed by atoms with van der Waals surface area (Å²) in [6.45, 7) is 16.8. The Morgan fingerprint density at radius 1 is 1.33 bits per heavy atom. The average molecular weight is 268 g/mol. The van der Waals surface area contributed by atoms with Crippen LogP contribution >= 0.6 is 9.24 Å². The highest BCUT2D eigenvalue weighted by atomic mass is 31.0. The summed E-state index contributed by atoms with van der Waals surface area (Å²) in [6.07, 6.45) is 6.29. The lowest BCUT2D eigenvalue weighted by Crippen LogP contribution is -2.56. The van der Waals surface area contributed by atoms with E-state index in [0.717, 1.165) is 17.8 Å². The zero-order valence-electron chi connectivity index (χ0n) is 13.5. The Hall–Kier alpha value is 0.170. The van der Waals surface area contributed by atoms with Crippen LogP contribution in [0.3, 0.4) is 0 Å². The predicted octanol–water partition coefficient (Wildman–Crippen LogP) is 5.89. The van der Waals surface area contributed by atoms with Gasteiger partial charge >= 0.3 is 0 Å². The summed E-state index contributed by atoms with van der Waals surface area (Å²) in [5, 5.41) is 1.50. The van der Waals surface area contributed by atoms with Crippen LogP contribution in [-0.4, -0.2) is 0 Å². The molecule has 18 heavy (non-hydrogen) atoms. The summed E-state index contributed by atoms with van der Waals surface area (Å²) in [7, 11) is 2.96. The molecule has 1 heteroatoms. The molecule has 0 aromatic carbocycles. The molecule has 0 spiro atoms. The summed E-state index contributed by atoms with van der Waals surface area (Å²) in [4.78, 5) is 0. The Balaban J connectivity index is 2.90. The van der Waals surface area contributed by atoms with E-state index in [9.17, 15) is 0 Å². The summed E-state index contributed by atoms with van der Waals surface area (Å²) < 4.78 is 0. The first-order chi connectivity index (χ1) is 8.19. The molecule has 4 unspecified atom stereocenters. The van der Waals surface area contributed by atoms with Gasteiger partial charge in [-0.05, 0) is 54.8 Å². The van der Waals surface area contributed by atoms with E-state index in [-0.39, 0.29) is 0 Å². The number of hydrogen-bond acceptors (Lipinski definition) is 0. The van der Waals surface area contributed by atoms with Gasteiger partial charge < -0.3 is 0 Å². The minimum absolute atomic E-state index is 0.507. The second-order valence-electron chi connectivity index (χ2n) is 7.45. The molecule has 0 nitrogen and oxygen atoms in total. The molecule has 0 aromatic heterocycles. The SMILES string of the molecule is C/C=C(/P)C(CC)CC1(C)C(C(C)C)CC1(C)C. The Morgan fingerprint density at radius 2 is 1.89 bits per heavy atom. The molecule has 0 heterocycles. The monoisotopic (exact) mass is 268 g/mol. The molecule has 1 aliphatic carbocycles. The number of allylic oxidation sites excluding steroid dienone is 2. The van der Waals surface area contributed by atoms with E-state index in [1.54, 1.807) is 0 Å². The Bertz CT molecular complexity index is 314. The maximum Gasteiger partial charge on any atom is -0.0163 e. The van der Waals surface area contributed by atoms with Crippen LogP contribution in [0.4, 0.5) is 0 Å². The molecule has 1 rings (SSSR count). The van der Waals surface area contributed by atoms with Gasteiger partial charge in [-0.3, -0.25) is 0 Å². The van der Waals surface area contributed by atoms with Crippen molar-refractivity contribution in [3.8, 4) is 0 Å². The first-order valence-electron chi connectivity index (χ1n) is 7.61. The van der Waals surface area contributed by atoms with Gasteiger partial charge in [0.05, 0.1) is 0 Å². The van der Waals surface area contributed by atoms with Crippen molar-refractivity contribution in [3.63, 3.8) is 0 Å². The minimum Gasteiger partial charge on any atom is -0.110 e. The smallest absolute Gasteiger partial charge is 0.0163 e. The van der Waals surface area contributed by atoms with Gasteiger partial charge in [-0.1, -0.05) is 52.9 Å². The zero-order chi connectivity index (χ0) is 14.1. The quantitative estimate of drug-likeness (QED) is 0.545. The van der Waals surface area contributed by atoms with Gasteiger partial charge in [0, 0.05) is 0 Å². The van der Waals surface area contributed by atoms with Crippen molar-refractivity contribution in [3.05, 3.63) is 11.4 Å². The molecular weight excluding hydrogens is 235 g/mol. The van der Waals surface area contributed by atoms with Crippen LogP contribution in [0.15, 0.2) is 11.4 Å². The summed E-state index contributed by atoms with van der Waals surface area (Å²) >= 11 is 0. The van der Waals surface area contributed by atoms with Crippen LogP contribution < -0.4 is 0 Å². The zero-order valence-corrected chi connectivity index (χ0v) is 14.7. The molecule has 0 saturated heterocycles. The van der Waals surface area contributed by atoms with E-state index in [0.29, 0.717) is 10.8 Å². The second kappa shape index (κ2) is 5.66. The lowest BCUT2D eigenvalue weighted by atomic mass is 9.41. The molecular formula is C17H33P. The van der Waals surface area contributed by atoms with Crippen molar-refractivity contribution >= 4 is 9.24 Å². The van der Waals surface area contributed by atoms with Gasteiger partial charge in [0.25, 0.3) is 0 Å². The topological polar surface area (TPSA) is 0 Å². The predicted molar refractivity (Wildman–Crippen MR) is 86.7 cm³/mol. The molecule has 1 saturated carbocycles. The van der Waals surface area contributed by atoms with Gasteiger partial charge in [0.1, 0.15) is 0 Å². The maximum atomic E-state index is 2.96. The molecule has 0 radical (unpaired) electrons. The largest absolute Gasteiger partial charge is 0.110 e. The van der Waals surface area contributed by atoms with Crippen molar-refractivity contribution in [2.24, 2.45) is 28.6 Å². The van der Waals surface area contributed by atoms with Gasteiger partial charge in [-0.25, -0.2) is 0 Å². The highest BCUT2D eigenvalue weighted by Crippen LogP contribution is 2.65. The van der Waals surface area contributed by atoms with E-state index >= 15 is 0 Å². The molecule has 1 aliphatic rings. The summed E-state index contributed by atoms with van der Waals surface area (Å²) in [6, 6.07) is 0. The van der Waals surface area contributed by atoms with Crippen LogP contribution in [0.5, 0.6) is 0 Å². The normalized spacial score (nSPS) is 33.4. The van der Waals surface area contributed by atoms with Gasteiger partial charge in [0.2, 0.25) is 0 Å². The van der Waals surface area contributed by atoms with Crippen molar-refractivity contribution in [2.75, 3.05) is 0 Å². The molecule has 0 aromatic rings. The molecule has 1 fully saturated rings. The fraction of sp³-hybridized carbons (Fsp3) is 0.882. The number of rotatable bonds is 5. The van der Waals surface area contributed by atoms with Crippen LogP contribution in [0.25, 0.3) is 0 Å². The molecule has 0 bridgehead atoms. The molecule has 0 aliphatic heterocycles. The molecule has 0 N–H and O–H groups in total. The minimum atomic E-state index is 0.507. The standard InChI is InChI=1S/C17H33P/c1-8-13(15(18)9-2)10-17(7)14(12(3)4)11-16(17,5)6/h9,12-14H,8,10-11,18H2,1-7H3/b15-9+. The van der Waals surface area contributed by atoms with Gasteiger partial charge in [-0.15, -0.1) is 9.24 Å². The lowest BCUT2D eigenvalue weighted by molar-refractivity contribution is -0.141. The van der Waals surface area contributed by atoms with Gasteiger partial charge in [-0.2, -0.15) is 0 Å². The number of hydrogen-bond donors (Lipinski definition) is 0. The third kappa shape index (κ3) is 2.69. The molecule has 0 amide bonds. The Kier molecular flexibility index (Phi) is 5.10. The van der Waals surface area contributed by atoms with E-state index in [1.165, 1.54) is 24.6 Å². The van der Waals surface area contributed by atoms with E-state index in [4.69, 9.17) is 0 Å². The third-order valence-electron chi connectivity index (χ3n) is 5.87. The van der Waals surface area contributed by atoms with E-state index in [2.05, 4.69) is 63.8 Å². The lowest BCUT2D eigenvalue weighted by Gasteiger charge is -2.63. The van der Waals surface area contributed by atoms with Crippen molar-refractivity contribution in [1.82, 2.24) is 0 Å². The van der Waals surface area contributed by atoms with Crippen molar-refractivity contribution < 1.29 is 0 Å². The van der Waals surface area contributed by atoms with Crippen LogP contribution in [0.2, 0.25) is 0 Å². The average Bonchev–Trinajstić information content (AvgIpc) is 2.31. The van der Waals surface area contributed by atoms with Crippen molar-refractivity contribution in [1.29, 1.82) is 0 Å². The first-order valence-corrected chi connectivity index (χ1v) is 8.19. The molecule has 4 atom stereocenters. The van der Waals surface area contributed by atoms with E-state index in [1.807, 2.05) is 0 Å². The van der Waals surface area contributed by atoms with Crippen LogP contribution in [-0.2, 0) is 0 Å².